The van der Waals surface area contributed by atoms with Crippen molar-refractivity contribution in [3.8, 4) is 0 Å². The van der Waals surface area contributed by atoms with E-state index in [1.54, 1.807) is 25.1 Å². The highest BCUT2D eigenvalue weighted by molar-refractivity contribution is 6.34. The molecule has 3 N–H and O–H groups in total. The number of hydrogen-bond acceptors (Lipinski definition) is 2. The Kier molecular flexibility index (Phi) is 3.71. The van der Waals surface area contributed by atoms with Crippen LogP contribution in [0, 0.1) is 12.7 Å². The van der Waals surface area contributed by atoms with Gasteiger partial charge in [0.2, 0.25) is 0 Å². The first-order chi connectivity index (χ1) is 8.99. The Hall–Kier alpha value is -2.07. The Morgan fingerprint density at radius 2 is 2.05 bits per heavy atom. The molecule has 0 aliphatic rings. The van der Waals surface area contributed by atoms with Crippen molar-refractivity contribution >= 4 is 28.9 Å². The van der Waals surface area contributed by atoms with Crippen LogP contribution in [0.3, 0.4) is 0 Å². The van der Waals surface area contributed by atoms with E-state index in [1.165, 1.54) is 18.2 Å². The van der Waals surface area contributed by atoms with Gasteiger partial charge >= 0.3 is 0 Å². The van der Waals surface area contributed by atoms with E-state index in [0.29, 0.717) is 11.3 Å². The number of anilines is 2. The zero-order valence-corrected chi connectivity index (χ0v) is 11.0. The molecule has 0 atom stereocenters. The number of rotatable bonds is 2. The summed E-state index contributed by atoms with van der Waals surface area (Å²) < 4.78 is 13.6. The van der Waals surface area contributed by atoms with Crippen LogP contribution in [0.15, 0.2) is 36.4 Å². The van der Waals surface area contributed by atoms with E-state index in [1.807, 2.05) is 0 Å². The van der Waals surface area contributed by atoms with Gasteiger partial charge in [-0.1, -0.05) is 23.7 Å². The van der Waals surface area contributed by atoms with Crippen molar-refractivity contribution in [3.63, 3.8) is 0 Å². The van der Waals surface area contributed by atoms with Crippen LogP contribution in [0.4, 0.5) is 15.8 Å². The molecule has 0 saturated heterocycles. The number of amides is 1. The normalized spacial score (nSPS) is 10.3. The number of aryl methyl sites for hydroxylation is 1. The lowest BCUT2D eigenvalue weighted by Gasteiger charge is -2.10. The van der Waals surface area contributed by atoms with E-state index in [2.05, 4.69) is 5.32 Å². The van der Waals surface area contributed by atoms with E-state index >= 15 is 0 Å². The van der Waals surface area contributed by atoms with E-state index < -0.39 is 11.7 Å². The molecule has 0 fully saturated rings. The Labute approximate surface area is 115 Å². The van der Waals surface area contributed by atoms with Crippen molar-refractivity contribution in [3.05, 3.63) is 58.4 Å². The maximum absolute atomic E-state index is 13.6. The van der Waals surface area contributed by atoms with Gasteiger partial charge in [0, 0.05) is 5.69 Å². The molecule has 0 bridgehead atoms. The SMILES string of the molecule is Cc1cccc(F)c1NC(=O)c1ccc(N)cc1Cl. The fourth-order valence-corrected chi connectivity index (χ4v) is 1.96. The molecule has 98 valence electrons. The Morgan fingerprint density at radius 1 is 1.32 bits per heavy atom. The Bertz CT molecular complexity index is 623. The number of benzene rings is 2. The van der Waals surface area contributed by atoms with Crippen LogP contribution in [-0.2, 0) is 0 Å². The van der Waals surface area contributed by atoms with Gasteiger partial charge < -0.3 is 11.1 Å². The van der Waals surface area contributed by atoms with Crippen molar-refractivity contribution < 1.29 is 9.18 Å². The minimum absolute atomic E-state index is 0.153. The maximum atomic E-state index is 13.6. The van der Waals surface area contributed by atoms with Crippen LogP contribution in [-0.4, -0.2) is 5.91 Å². The monoisotopic (exact) mass is 278 g/mol. The third kappa shape index (κ3) is 2.85. The van der Waals surface area contributed by atoms with Crippen molar-refractivity contribution in [2.24, 2.45) is 0 Å². The number of nitrogen functional groups attached to an aromatic ring is 1. The first-order valence-corrected chi connectivity index (χ1v) is 5.98. The molecule has 2 aromatic carbocycles. The average molecular weight is 279 g/mol. The van der Waals surface area contributed by atoms with Crippen LogP contribution in [0.1, 0.15) is 15.9 Å². The molecule has 19 heavy (non-hydrogen) atoms. The number of carbonyl (C=O) groups excluding carboxylic acids is 1. The summed E-state index contributed by atoms with van der Waals surface area (Å²) in [5.41, 5.74) is 7.05. The fourth-order valence-electron chi connectivity index (χ4n) is 1.69. The van der Waals surface area contributed by atoms with Crippen molar-refractivity contribution in [1.29, 1.82) is 0 Å². The van der Waals surface area contributed by atoms with Crippen LogP contribution < -0.4 is 11.1 Å². The van der Waals surface area contributed by atoms with E-state index in [0.717, 1.165) is 0 Å². The first-order valence-electron chi connectivity index (χ1n) is 5.60. The standard InChI is InChI=1S/C14H12ClFN2O/c1-8-3-2-4-12(16)13(8)18-14(19)10-6-5-9(17)7-11(10)15/h2-7H,17H2,1H3,(H,18,19). The number of nitrogens with two attached hydrogens (primary N) is 1. The minimum atomic E-state index is -0.486. The second kappa shape index (κ2) is 5.28. The van der Waals surface area contributed by atoms with Crippen molar-refractivity contribution in [2.75, 3.05) is 11.1 Å². The van der Waals surface area contributed by atoms with Crippen molar-refractivity contribution in [2.45, 2.75) is 6.92 Å². The Balaban J connectivity index is 2.31. The zero-order valence-electron chi connectivity index (χ0n) is 10.2. The number of nitrogens with one attached hydrogen (secondary N) is 1. The molecular formula is C14H12ClFN2O. The predicted octanol–water partition coefficient (Wildman–Crippen LogP) is 3.62. The summed E-state index contributed by atoms with van der Waals surface area (Å²) in [7, 11) is 0. The lowest BCUT2D eigenvalue weighted by atomic mass is 10.1. The summed E-state index contributed by atoms with van der Waals surface area (Å²) in [5.74, 6) is -0.960. The van der Waals surface area contributed by atoms with Gasteiger partial charge in [0.05, 0.1) is 16.3 Å². The van der Waals surface area contributed by atoms with E-state index in [9.17, 15) is 9.18 Å². The lowest BCUT2D eigenvalue weighted by Crippen LogP contribution is -2.14. The van der Waals surface area contributed by atoms with Gasteiger partial charge in [-0.3, -0.25) is 4.79 Å². The molecule has 0 aliphatic carbocycles. The number of halogens is 2. The molecule has 0 heterocycles. The molecule has 0 aromatic heterocycles. The minimum Gasteiger partial charge on any atom is -0.399 e. The summed E-state index contributed by atoms with van der Waals surface area (Å²) in [6, 6.07) is 9.12. The van der Waals surface area contributed by atoms with Crippen LogP contribution in [0.2, 0.25) is 5.02 Å². The molecule has 2 rings (SSSR count). The zero-order chi connectivity index (χ0) is 14.0. The van der Waals surface area contributed by atoms with Gasteiger partial charge in [0.1, 0.15) is 5.82 Å². The van der Waals surface area contributed by atoms with Crippen LogP contribution in [0.5, 0.6) is 0 Å². The fraction of sp³-hybridized carbons (Fsp3) is 0.0714. The maximum Gasteiger partial charge on any atom is 0.257 e. The predicted molar refractivity (Wildman–Crippen MR) is 75.0 cm³/mol. The highest BCUT2D eigenvalue weighted by Crippen LogP contribution is 2.23. The molecule has 3 nitrogen and oxygen atoms in total. The van der Waals surface area contributed by atoms with E-state index in [4.69, 9.17) is 17.3 Å². The van der Waals surface area contributed by atoms with Crippen LogP contribution >= 0.6 is 11.6 Å². The average Bonchev–Trinajstić information content (AvgIpc) is 2.33. The highest BCUT2D eigenvalue weighted by Gasteiger charge is 2.14. The third-order valence-electron chi connectivity index (χ3n) is 2.70. The second-order valence-electron chi connectivity index (χ2n) is 4.13. The van der Waals surface area contributed by atoms with Crippen molar-refractivity contribution in [1.82, 2.24) is 0 Å². The highest BCUT2D eigenvalue weighted by atomic mass is 35.5. The van der Waals surface area contributed by atoms with Gasteiger partial charge in [-0.2, -0.15) is 0 Å². The summed E-state index contributed by atoms with van der Waals surface area (Å²) in [6.45, 7) is 1.71. The van der Waals surface area contributed by atoms with Gasteiger partial charge in [0.25, 0.3) is 5.91 Å². The largest absolute Gasteiger partial charge is 0.399 e. The second-order valence-corrected chi connectivity index (χ2v) is 4.53. The number of hydrogen-bond donors (Lipinski definition) is 2. The molecule has 2 aromatic rings. The Morgan fingerprint density at radius 3 is 2.68 bits per heavy atom. The molecule has 0 saturated carbocycles. The van der Waals surface area contributed by atoms with Crippen LogP contribution in [0.25, 0.3) is 0 Å². The summed E-state index contributed by atoms with van der Waals surface area (Å²) >= 11 is 5.94. The lowest BCUT2D eigenvalue weighted by molar-refractivity contribution is 0.102. The summed E-state index contributed by atoms with van der Waals surface area (Å²) in [4.78, 5) is 12.0. The first kappa shape index (κ1) is 13.4. The summed E-state index contributed by atoms with van der Waals surface area (Å²) in [5, 5.41) is 2.74. The number of carbonyl (C=O) groups is 1. The molecule has 1 amide bonds. The smallest absolute Gasteiger partial charge is 0.257 e. The molecular weight excluding hydrogens is 267 g/mol. The molecule has 0 unspecified atom stereocenters. The topological polar surface area (TPSA) is 55.1 Å². The van der Waals surface area contributed by atoms with E-state index in [-0.39, 0.29) is 16.3 Å². The van der Waals surface area contributed by atoms with Gasteiger partial charge in [0.15, 0.2) is 0 Å². The number of para-hydroxylation sites is 1. The van der Waals surface area contributed by atoms with Gasteiger partial charge in [-0.25, -0.2) is 4.39 Å². The molecule has 0 spiro atoms. The van der Waals surface area contributed by atoms with Gasteiger partial charge in [-0.05, 0) is 36.8 Å². The quantitative estimate of drug-likeness (QED) is 0.824. The van der Waals surface area contributed by atoms with Gasteiger partial charge in [-0.15, -0.1) is 0 Å². The third-order valence-corrected chi connectivity index (χ3v) is 3.01. The summed E-state index contributed by atoms with van der Waals surface area (Å²) in [6.07, 6.45) is 0. The molecule has 0 aliphatic heterocycles. The molecule has 5 heteroatoms. The molecule has 0 radical (unpaired) electrons.